The predicted octanol–water partition coefficient (Wildman–Crippen LogP) is 5.23. The maximum Gasteiger partial charge on any atom is 0.0823 e. The molecule has 1 heterocycles. The summed E-state index contributed by atoms with van der Waals surface area (Å²) in [6, 6.07) is 24.3. The molecule has 0 bridgehead atoms. The van der Waals surface area contributed by atoms with Gasteiger partial charge in [-0.1, -0.05) is 66.7 Å². The summed E-state index contributed by atoms with van der Waals surface area (Å²) in [4.78, 5) is 0. The number of rotatable bonds is 1. The van der Waals surface area contributed by atoms with E-state index < -0.39 is 0 Å². The highest BCUT2D eigenvalue weighted by atomic mass is 32.2. The van der Waals surface area contributed by atoms with Crippen molar-refractivity contribution < 1.29 is 0 Å². The van der Waals surface area contributed by atoms with Crippen LogP contribution in [0.1, 0.15) is 16.7 Å². The Bertz CT molecular complexity index is 879. The van der Waals surface area contributed by atoms with Gasteiger partial charge < -0.3 is 0 Å². The number of hydrogen-bond donors (Lipinski definition) is 0. The van der Waals surface area contributed by atoms with E-state index in [-0.39, 0.29) is 4.75 Å². The summed E-state index contributed by atoms with van der Waals surface area (Å²) in [6.45, 7) is 0. The Morgan fingerprint density at radius 2 is 1.52 bits per heavy atom. The van der Waals surface area contributed by atoms with Crippen molar-refractivity contribution in [1.82, 2.24) is 0 Å². The van der Waals surface area contributed by atoms with Crippen LogP contribution in [-0.4, -0.2) is 5.25 Å². The molecule has 0 N–H and O–H groups in total. The Balaban J connectivity index is 1.80. The van der Waals surface area contributed by atoms with E-state index in [9.17, 15) is 0 Å². The summed E-state index contributed by atoms with van der Waals surface area (Å²) in [6.07, 6.45) is 4.67. The van der Waals surface area contributed by atoms with Gasteiger partial charge in [-0.2, -0.15) is 0 Å². The highest BCUT2D eigenvalue weighted by Gasteiger charge is 2.58. The summed E-state index contributed by atoms with van der Waals surface area (Å²) in [5.41, 5.74) is 4.28. The molecule has 2 aliphatic rings. The number of thioether (sulfide) groups is 1. The maximum absolute atomic E-state index is 2.40. The molecule has 0 amide bonds. The molecule has 100 valence electrons. The van der Waals surface area contributed by atoms with Gasteiger partial charge in [0.15, 0.2) is 0 Å². The second-order valence-electron chi connectivity index (χ2n) is 5.79. The fraction of sp³-hybridized carbons (Fsp3) is 0.100. The molecular formula is C20H14S. The molecule has 1 aliphatic heterocycles. The van der Waals surface area contributed by atoms with Crippen LogP contribution in [-0.2, 0) is 4.75 Å². The monoisotopic (exact) mass is 286 g/mol. The van der Waals surface area contributed by atoms with Crippen molar-refractivity contribution in [3.8, 4) is 0 Å². The third kappa shape index (κ3) is 1.53. The predicted molar refractivity (Wildman–Crippen MR) is 91.6 cm³/mol. The first-order chi connectivity index (χ1) is 10.4. The molecule has 0 aromatic heterocycles. The van der Waals surface area contributed by atoms with Crippen LogP contribution >= 0.6 is 11.8 Å². The van der Waals surface area contributed by atoms with Crippen LogP contribution in [0.5, 0.6) is 0 Å². The SMILES string of the molecule is C1=CC2SC2(c2ccccc2)c2cc3ccccc3cc21. The molecule has 0 saturated carbocycles. The van der Waals surface area contributed by atoms with Gasteiger partial charge >= 0.3 is 0 Å². The number of hydrogen-bond acceptors (Lipinski definition) is 1. The number of fused-ring (bicyclic) bond motifs is 4. The van der Waals surface area contributed by atoms with Crippen molar-refractivity contribution in [2.45, 2.75) is 10.00 Å². The van der Waals surface area contributed by atoms with Gasteiger partial charge in [0.1, 0.15) is 0 Å². The van der Waals surface area contributed by atoms with Crippen molar-refractivity contribution in [2.75, 3.05) is 0 Å². The van der Waals surface area contributed by atoms with Gasteiger partial charge in [-0.15, -0.1) is 11.8 Å². The van der Waals surface area contributed by atoms with Crippen molar-refractivity contribution in [3.63, 3.8) is 0 Å². The minimum absolute atomic E-state index is 0.148. The normalized spacial score (nSPS) is 25.4. The highest BCUT2D eigenvalue weighted by Crippen LogP contribution is 2.68. The molecule has 3 aromatic carbocycles. The Hall–Kier alpha value is -1.99. The van der Waals surface area contributed by atoms with Gasteiger partial charge in [-0.25, -0.2) is 0 Å². The molecule has 2 atom stereocenters. The van der Waals surface area contributed by atoms with Crippen LogP contribution in [0.25, 0.3) is 16.8 Å². The Kier molecular flexibility index (Phi) is 2.23. The van der Waals surface area contributed by atoms with Gasteiger partial charge in [-0.3, -0.25) is 0 Å². The Labute approximate surface area is 128 Å². The summed E-state index contributed by atoms with van der Waals surface area (Å²) < 4.78 is 0.148. The average Bonchev–Trinajstić information content (AvgIpc) is 3.30. The van der Waals surface area contributed by atoms with Gasteiger partial charge in [0.25, 0.3) is 0 Å². The second-order valence-corrected chi connectivity index (χ2v) is 7.17. The molecular weight excluding hydrogens is 272 g/mol. The molecule has 21 heavy (non-hydrogen) atoms. The van der Waals surface area contributed by atoms with Crippen LogP contribution in [0, 0.1) is 0 Å². The minimum Gasteiger partial charge on any atom is -0.134 e. The molecule has 0 radical (unpaired) electrons. The largest absolute Gasteiger partial charge is 0.134 e. The Morgan fingerprint density at radius 1 is 0.810 bits per heavy atom. The fourth-order valence-corrected chi connectivity index (χ4v) is 4.95. The smallest absolute Gasteiger partial charge is 0.0823 e. The highest BCUT2D eigenvalue weighted by molar-refractivity contribution is 8.08. The van der Waals surface area contributed by atoms with E-state index in [4.69, 9.17) is 0 Å². The van der Waals surface area contributed by atoms with Crippen LogP contribution in [0.4, 0.5) is 0 Å². The van der Waals surface area contributed by atoms with Gasteiger partial charge in [0.05, 0.1) is 4.75 Å². The van der Waals surface area contributed by atoms with E-state index in [2.05, 4.69) is 90.6 Å². The van der Waals surface area contributed by atoms with E-state index in [1.165, 1.54) is 27.5 Å². The standard InChI is InChI=1S/C20H14S/c1-2-8-17(9-3-1)20-18-13-15-7-5-4-6-14(15)12-16(18)10-11-19(20)21-20/h1-13,19H. The third-order valence-electron chi connectivity index (χ3n) is 4.63. The lowest BCUT2D eigenvalue weighted by Gasteiger charge is -2.22. The lowest BCUT2D eigenvalue weighted by atomic mass is 9.81. The van der Waals surface area contributed by atoms with Crippen molar-refractivity contribution in [3.05, 3.63) is 89.5 Å². The van der Waals surface area contributed by atoms with Crippen LogP contribution in [0.2, 0.25) is 0 Å². The van der Waals surface area contributed by atoms with E-state index in [1.54, 1.807) is 0 Å². The molecule has 2 unspecified atom stereocenters. The molecule has 1 aliphatic carbocycles. The first-order valence-corrected chi connectivity index (χ1v) is 8.21. The van der Waals surface area contributed by atoms with Crippen molar-refractivity contribution in [1.29, 1.82) is 0 Å². The van der Waals surface area contributed by atoms with Crippen LogP contribution in [0.15, 0.2) is 72.8 Å². The van der Waals surface area contributed by atoms with E-state index in [0.717, 1.165) is 0 Å². The van der Waals surface area contributed by atoms with E-state index in [0.29, 0.717) is 5.25 Å². The fourth-order valence-electron chi connectivity index (χ4n) is 3.54. The van der Waals surface area contributed by atoms with E-state index in [1.807, 2.05) is 0 Å². The lowest BCUT2D eigenvalue weighted by Crippen LogP contribution is -2.17. The van der Waals surface area contributed by atoms with Crippen molar-refractivity contribution in [2.24, 2.45) is 0 Å². The molecule has 1 heteroatoms. The zero-order valence-electron chi connectivity index (χ0n) is 11.5. The average molecular weight is 286 g/mol. The van der Waals surface area contributed by atoms with Gasteiger partial charge in [0.2, 0.25) is 0 Å². The van der Waals surface area contributed by atoms with Gasteiger partial charge in [0, 0.05) is 5.25 Å². The first kappa shape index (κ1) is 11.6. The van der Waals surface area contributed by atoms with E-state index >= 15 is 0 Å². The molecule has 1 saturated heterocycles. The van der Waals surface area contributed by atoms with Crippen LogP contribution < -0.4 is 0 Å². The Morgan fingerprint density at radius 3 is 2.33 bits per heavy atom. The topological polar surface area (TPSA) is 0 Å². The third-order valence-corrected chi connectivity index (χ3v) is 6.22. The number of benzene rings is 3. The summed E-state index contributed by atoms with van der Waals surface area (Å²) in [5, 5.41) is 3.26. The maximum atomic E-state index is 2.40. The molecule has 0 nitrogen and oxygen atoms in total. The second kappa shape index (κ2) is 4.02. The molecule has 3 aromatic rings. The first-order valence-electron chi connectivity index (χ1n) is 7.33. The minimum atomic E-state index is 0.148. The molecule has 1 fully saturated rings. The molecule has 5 rings (SSSR count). The summed E-state index contributed by atoms with van der Waals surface area (Å²) >= 11 is 2.06. The zero-order chi connectivity index (χ0) is 13.9. The quantitative estimate of drug-likeness (QED) is 0.552. The van der Waals surface area contributed by atoms with Crippen molar-refractivity contribution >= 4 is 28.6 Å². The lowest BCUT2D eigenvalue weighted by molar-refractivity contribution is 0.866. The zero-order valence-corrected chi connectivity index (χ0v) is 12.3. The van der Waals surface area contributed by atoms with Gasteiger partial charge in [-0.05, 0) is 39.6 Å². The van der Waals surface area contributed by atoms with Crippen LogP contribution in [0.3, 0.4) is 0 Å². The summed E-state index contributed by atoms with van der Waals surface area (Å²) in [7, 11) is 0. The molecule has 0 spiro atoms. The summed E-state index contributed by atoms with van der Waals surface area (Å²) in [5.74, 6) is 0.